The summed E-state index contributed by atoms with van der Waals surface area (Å²) in [6.07, 6.45) is 6.36. The van der Waals surface area contributed by atoms with Crippen LogP contribution in [0.2, 0.25) is 0 Å². The highest BCUT2D eigenvalue weighted by Gasteiger charge is 2.05. The smallest absolute Gasteiger partial charge is 0.0367 e. The third-order valence-electron chi connectivity index (χ3n) is 2.14. The molecule has 1 heteroatoms. The van der Waals surface area contributed by atoms with Crippen molar-refractivity contribution < 1.29 is 0 Å². The van der Waals surface area contributed by atoms with Crippen molar-refractivity contribution in [3.8, 4) is 0 Å². The molecule has 0 aliphatic heterocycles. The third kappa shape index (κ3) is 1.11. The quantitative estimate of drug-likeness (QED) is 0.606. The van der Waals surface area contributed by atoms with Gasteiger partial charge in [0.15, 0.2) is 0 Å². The molecule has 0 saturated heterocycles. The van der Waals surface area contributed by atoms with Crippen molar-refractivity contribution in [3.05, 3.63) is 41.8 Å². The van der Waals surface area contributed by atoms with Crippen LogP contribution in [-0.4, -0.2) is 14.1 Å². The first kappa shape index (κ1) is 7.41. The number of hydrogen-bond acceptors (Lipinski definition) is 1. The van der Waals surface area contributed by atoms with Gasteiger partial charge in [-0.3, -0.25) is 0 Å². The molecule has 12 heavy (non-hydrogen) atoms. The zero-order valence-electron chi connectivity index (χ0n) is 7.41. The maximum atomic E-state index is 2.20. The Kier molecular flexibility index (Phi) is 1.65. The molecular formula is C11H12N. The van der Waals surface area contributed by atoms with E-state index < -0.39 is 0 Å². The fourth-order valence-corrected chi connectivity index (χ4v) is 1.39. The molecule has 0 unspecified atom stereocenters. The summed E-state index contributed by atoms with van der Waals surface area (Å²) in [4.78, 5) is 2.12. The largest absolute Gasteiger partial charge is 0.378 e. The van der Waals surface area contributed by atoms with Crippen molar-refractivity contribution in [2.45, 2.75) is 0 Å². The van der Waals surface area contributed by atoms with Crippen molar-refractivity contribution in [2.75, 3.05) is 19.0 Å². The molecule has 0 saturated carbocycles. The summed E-state index contributed by atoms with van der Waals surface area (Å²) in [6.45, 7) is 0. The molecule has 0 atom stereocenters. The van der Waals surface area contributed by atoms with Gasteiger partial charge >= 0.3 is 0 Å². The van der Waals surface area contributed by atoms with Crippen LogP contribution in [0, 0.1) is 6.42 Å². The molecule has 0 aromatic heterocycles. The van der Waals surface area contributed by atoms with Crippen molar-refractivity contribution in [3.63, 3.8) is 0 Å². The number of benzene rings is 1. The minimum absolute atomic E-state index is 1.26. The van der Waals surface area contributed by atoms with E-state index in [0.29, 0.717) is 0 Å². The average Bonchev–Trinajstić information content (AvgIpc) is 2.49. The molecule has 1 aromatic carbocycles. The highest BCUT2D eigenvalue weighted by Crippen LogP contribution is 2.25. The lowest BCUT2D eigenvalue weighted by Crippen LogP contribution is -2.08. The Morgan fingerprint density at radius 3 is 2.67 bits per heavy atom. The Labute approximate surface area is 73.3 Å². The van der Waals surface area contributed by atoms with Gasteiger partial charge in [-0.2, -0.15) is 0 Å². The fraction of sp³-hybridized carbons (Fsp3) is 0.182. The minimum Gasteiger partial charge on any atom is -0.378 e. The molecule has 1 nitrogen and oxygen atoms in total. The lowest BCUT2D eigenvalue weighted by Gasteiger charge is -2.13. The van der Waals surface area contributed by atoms with Gasteiger partial charge in [0.1, 0.15) is 0 Å². The lowest BCUT2D eigenvalue weighted by molar-refractivity contribution is 1.13. The second kappa shape index (κ2) is 2.67. The van der Waals surface area contributed by atoms with E-state index in [2.05, 4.69) is 55.8 Å². The second-order valence-electron chi connectivity index (χ2n) is 3.23. The van der Waals surface area contributed by atoms with Crippen LogP contribution in [0.1, 0.15) is 11.1 Å². The molecule has 1 radical (unpaired) electrons. The Hall–Kier alpha value is -1.24. The maximum Gasteiger partial charge on any atom is 0.0367 e. The van der Waals surface area contributed by atoms with Crippen LogP contribution in [0.3, 0.4) is 0 Å². The first-order valence-corrected chi connectivity index (χ1v) is 4.10. The molecule has 0 fully saturated rings. The second-order valence-corrected chi connectivity index (χ2v) is 3.23. The van der Waals surface area contributed by atoms with Crippen LogP contribution in [0.15, 0.2) is 24.3 Å². The van der Waals surface area contributed by atoms with Crippen LogP contribution in [-0.2, 0) is 0 Å². The SMILES string of the molecule is CN(C)c1ccc2c(c1)C=C[CH]2. The fourth-order valence-electron chi connectivity index (χ4n) is 1.39. The van der Waals surface area contributed by atoms with Gasteiger partial charge in [0.2, 0.25) is 0 Å². The van der Waals surface area contributed by atoms with Crippen molar-refractivity contribution >= 4 is 11.8 Å². The molecule has 0 heterocycles. The third-order valence-corrected chi connectivity index (χ3v) is 2.14. The molecule has 0 N–H and O–H groups in total. The zero-order chi connectivity index (χ0) is 8.55. The first-order chi connectivity index (χ1) is 5.77. The predicted molar refractivity (Wildman–Crippen MR) is 53.2 cm³/mol. The van der Waals surface area contributed by atoms with Gasteiger partial charge in [-0.05, 0) is 23.3 Å². The van der Waals surface area contributed by atoms with Gasteiger partial charge in [-0.25, -0.2) is 0 Å². The molecule has 61 valence electrons. The van der Waals surface area contributed by atoms with E-state index in [1.54, 1.807) is 0 Å². The topological polar surface area (TPSA) is 3.24 Å². The number of rotatable bonds is 1. The van der Waals surface area contributed by atoms with Crippen molar-refractivity contribution in [1.29, 1.82) is 0 Å². The Balaban J connectivity index is 2.44. The van der Waals surface area contributed by atoms with E-state index in [0.717, 1.165) is 0 Å². The van der Waals surface area contributed by atoms with Crippen LogP contribution < -0.4 is 4.90 Å². The summed E-state index contributed by atoms with van der Waals surface area (Å²) in [7, 11) is 4.12. The van der Waals surface area contributed by atoms with Gasteiger partial charge in [0.05, 0.1) is 0 Å². The molecule has 2 rings (SSSR count). The van der Waals surface area contributed by atoms with Crippen LogP contribution in [0.4, 0.5) is 5.69 Å². The summed E-state index contributed by atoms with van der Waals surface area (Å²) < 4.78 is 0. The average molecular weight is 158 g/mol. The van der Waals surface area contributed by atoms with E-state index in [1.165, 1.54) is 16.8 Å². The first-order valence-electron chi connectivity index (χ1n) is 4.10. The Morgan fingerprint density at radius 1 is 1.08 bits per heavy atom. The van der Waals surface area contributed by atoms with Gasteiger partial charge in [-0.1, -0.05) is 18.2 Å². The molecular weight excluding hydrogens is 146 g/mol. The predicted octanol–water partition coefficient (Wildman–Crippen LogP) is 2.33. The molecule has 0 bridgehead atoms. The standard InChI is InChI=1S/C11H12N/c1-12(2)11-7-6-9-4-3-5-10(9)8-11/h3-8H,1-2H3. The monoisotopic (exact) mass is 158 g/mol. The summed E-state index contributed by atoms with van der Waals surface area (Å²) in [5.41, 5.74) is 3.90. The molecule has 1 aliphatic carbocycles. The molecule has 0 amide bonds. The summed E-state index contributed by atoms with van der Waals surface area (Å²) in [6, 6.07) is 6.50. The number of fused-ring (bicyclic) bond motifs is 1. The van der Waals surface area contributed by atoms with E-state index in [-0.39, 0.29) is 0 Å². The van der Waals surface area contributed by atoms with Crippen molar-refractivity contribution in [2.24, 2.45) is 0 Å². The van der Waals surface area contributed by atoms with Gasteiger partial charge in [0.25, 0.3) is 0 Å². The number of allylic oxidation sites excluding steroid dienone is 1. The Bertz CT molecular complexity index is 324. The molecule has 1 aliphatic rings. The van der Waals surface area contributed by atoms with Crippen molar-refractivity contribution in [1.82, 2.24) is 0 Å². The number of hydrogen-bond donors (Lipinski definition) is 0. The van der Waals surface area contributed by atoms with E-state index in [4.69, 9.17) is 0 Å². The normalized spacial score (nSPS) is 13.2. The van der Waals surface area contributed by atoms with Gasteiger partial charge in [-0.15, -0.1) is 0 Å². The summed E-state index contributed by atoms with van der Waals surface area (Å²) in [5, 5.41) is 0. The highest BCUT2D eigenvalue weighted by atomic mass is 15.1. The van der Waals surface area contributed by atoms with Crippen LogP contribution >= 0.6 is 0 Å². The number of anilines is 1. The highest BCUT2D eigenvalue weighted by molar-refractivity contribution is 5.69. The van der Waals surface area contributed by atoms with E-state index in [1.807, 2.05) is 0 Å². The molecule has 1 aromatic rings. The summed E-state index contributed by atoms with van der Waals surface area (Å²) >= 11 is 0. The minimum atomic E-state index is 1.26. The number of nitrogens with zero attached hydrogens (tertiary/aromatic N) is 1. The van der Waals surface area contributed by atoms with E-state index in [9.17, 15) is 0 Å². The van der Waals surface area contributed by atoms with Crippen LogP contribution in [0.5, 0.6) is 0 Å². The summed E-state index contributed by atoms with van der Waals surface area (Å²) in [5.74, 6) is 0. The Morgan fingerprint density at radius 2 is 1.92 bits per heavy atom. The van der Waals surface area contributed by atoms with Crippen LogP contribution in [0.25, 0.3) is 6.08 Å². The van der Waals surface area contributed by atoms with Gasteiger partial charge in [0, 0.05) is 26.2 Å². The maximum absolute atomic E-state index is 2.20. The molecule has 0 spiro atoms. The van der Waals surface area contributed by atoms with Gasteiger partial charge < -0.3 is 4.90 Å². The zero-order valence-corrected chi connectivity index (χ0v) is 7.41. The lowest BCUT2D eigenvalue weighted by atomic mass is 10.1. The van der Waals surface area contributed by atoms with E-state index >= 15 is 0 Å².